The minimum atomic E-state index is -0.322. The van der Waals surface area contributed by atoms with E-state index in [9.17, 15) is 4.79 Å². The van der Waals surface area contributed by atoms with Crippen LogP contribution in [0, 0.1) is 6.92 Å². The number of anilines is 4. The lowest BCUT2D eigenvalue weighted by atomic mass is 10.1. The van der Waals surface area contributed by atoms with Gasteiger partial charge in [0.05, 0.1) is 41.3 Å². The van der Waals surface area contributed by atoms with Crippen molar-refractivity contribution in [2.45, 2.75) is 26.0 Å². The number of nitrogens with one attached hydrogen (secondary N) is 3. The van der Waals surface area contributed by atoms with Gasteiger partial charge in [0.15, 0.2) is 5.82 Å². The van der Waals surface area contributed by atoms with Gasteiger partial charge in [-0.25, -0.2) is 15.0 Å². The molecule has 42 heavy (non-hydrogen) atoms. The Morgan fingerprint density at radius 1 is 1.12 bits per heavy atom. The number of amides is 1. The Labute approximate surface area is 259 Å². The average molecular weight is 628 g/mol. The highest BCUT2D eigenvalue weighted by Gasteiger charge is 2.22. The molecule has 1 amide bonds. The first kappa shape index (κ1) is 31.2. The maximum atomic E-state index is 12.0. The Bertz CT molecular complexity index is 1600. The van der Waals surface area contributed by atoms with Crippen molar-refractivity contribution in [1.29, 1.82) is 0 Å². The monoisotopic (exact) mass is 626 g/mol. The van der Waals surface area contributed by atoms with E-state index in [0.29, 0.717) is 78.6 Å². The number of ether oxygens (including phenoxy) is 2. The molecule has 4 aromatic rings. The number of carbonyl (C=O) groups excluding carboxylic acids is 1. The van der Waals surface area contributed by atoms with Gasteiger partial charge < -0.3 is 25.4 Å². The summed E-state index contributed by atoms with van der Waals surface area (Å²) in [7, 11) is 3.05. The molecular formula is C30H32Cl2N6O3S. The first-order chi connectivity index (χ1) is 20.2. The number of methoxy groups -OCH3 is 2. The summed E-state index contributed by atoms with van der Waals surface area (Å²) in [5.74, 6) is 2.23. The molecule has 0 atom stereocenters. The third-order valence-corrected chi connectivity index (χ3v) is 8.05. The molecule has 12 heteroatoms. The van der Waals surface area contributed by atoms with Gasteiger partial charge >= 0.3 is 0 Å². The van der Waals surface area contributed by atoms with Crippen molar-refractivity contribution in [3.63, 3.8) is 0 Å². The van der Waals surface area contributed by atoms with Gasteiger partial charge in [0.2, 0.25) is 11.9 Å². The molecule has 0 aliphatic carbocycles. The Kier molecular flexibility index (Phi) is 10.4. The normalized spacial score (nSPS) is 11.0. The maximum Gasteiger partial charge on any atom is 0.247 e. The number of nitrogens with zero attached hydrogens (tertiary/aromatic N) is 3. The molecule has 9 nitrogen and oxygen atoms in total. The maximum absolute atomic E-state index is 12.0. The van der Waals surface area contributed by atoms with Gasteiger partial charge in [-0.1, -0.05) is 55.8 Å². The molecule has 0 fully saturated rings. The van der Waals surface area contributed by atoms with Crippen LogP contribution in [0.4, 0.5) is 23.1 Å². The van der Waals surface area contributed by atoms with Gasteiger partial charge in [-0.2, -0.15) is 11.8 Å². The van der Waals surface area contributed by atoms with Crippen LogP contribution in [0.3, 0.4) is 0 Å². The SMILES string of the molecule is C=CC(=O)Nc1cccc(C)c1Nc1ncc2cc(-c3c(Cl)c(OC)cc(OC)c3Cl)nc(NCCSC(C)C)c2n1. The highest BCUT2D eigenvalue weighted by molar-refractivity contribution is 7.99. The van der Waals surface area contributed by atoms with Gasteiger partial charge in [0.1, 0.15) is 17.0 Å². The molecule has 0 radical (unpaired) electrons. The van der Waals surface area contributed by atoms with Crippen molar-refractivity contribution in [1.82, 2.24) is 15.0 Å². The Hall–Kier alpha value is -3.73. The van der Waals surface area contributed by atoms with E-state index in [1.807, 2.05) is 36.9 Å². The van der Waals surface area contributed by atoms with Crippen LogP contribution in [-0.2, 0) is 4.79 Å². The number of fused-ring (bicyclic) bond motifs is 1. The number of aromatic nitrogens is 3. The fourth-order valence-electron chi connectivity index (χ4n) is 4.16. The van der Waals surface area contributed by atoms with E-state index in [0.717, 1.165) is 11.3 Å². The zero-order valence-electron chi connectivity index (χ0n) is 24.0. The minimum Gasteiger partial charge on any atom is -0.495 e. The van der Waals surface area contributed by atoms with Gasteiger partial charge in [-0.05, 0) is 35.9 Å². The summed E-state index contributed by atoms with van der Waals surface area (Å²) in [6, 6.07) is 9.03. The predicted molar refractivity (Wildman–Crippen MR) is 175 cm³/mol. The number of rotatable bonds is 12. The van der Waals surface area contributed by atoms with Crippen molar-refractivity contribution < 1.29 is 14.3 Å². The molecular weight excluding hydrogens is 595 g/mol. The molecule has 2 aromatic heterocycles. The number of pyridine rings is 1. The fraction of sp³-hybridized carbons (Fsp3) is 0.267. The summed E-state index contributed by atoms with van der Waals surface area (Å²) in [5.41, 5.74) is 3.72. The van der Waals surface area contributed by atoms with Crippen LogP contribution in [0.25, 0.3) is 22.2 Å². The second kappa shape index (κ2) is 14.0. The highest BCUT2D eigenvalue weighted by atomic mass is 35.5. The first-order valence-corrected chi connectivity index (χ1v) is 14.9. The molecule has 0 aliphatic heterocycles. The third-order valence-electron chi connectivity index (χ3n) is 6.19. The van der Waals surface area contributed by atoms with Crippen molar-refractivity contribution >= 4 is 74.9 Å². The van der Waals surface area contributed by atoms with E-state index in [2.05, 4.69) is 41.4 Å². The van der Waals surface area contributed by atoms with Crippen LogP contribution in [-0.4, -0.2) is 52.6 Å². The number of aryl methyl sites for hydroxylation is 1. The third kappa shape index (κ3) is 7.00. The molecule has 0 bridgehead atoms. The van der Waals surface area contributed by atoms with Gasteiger partial charge in [0.25, 0.3) is 0 Å². The molecule has 0 unspecified atom stereocenters. The molecule has 2 heterocycles. The van der Waals surface area contributed by atoms with Gasteiger partial charge in [-0.3, -0.25) is 4.79 Å². The van der Waals surface area contributed by atoms with Crippen molar-refractivity contribution in [2.75, 3.05) is 42.5 Å². The number of thioether (sulfide) groups is 1. The van der Waals surface area contributed by atoms with Crippen LogP contribution in [0.1, 0.15) is 19.4 Å². The smallest absolute Gasteiger partial charge is 0.247 e. The lowest BCUT2D eigenvalue weighted by Gasteiger charge is -2.17. The molecule has 4 rings (SSSR count). The van der Waals surface area contributed by atoms with Crippen LogP contribution < -0.4 is 25.4 Å². The van der Waals surface area contributed by atoms with Gasteiger partial charge in [0, 0.05) is 35.5 Å². The topological polar surface area (TPSA) is 110 Å². The van der Waals surface area contributed by atoms with Crippen molar-refractivity contribution in [3.8, 4) is 22.8 Å². The lowest BCUT2D eigenvalue weighted by Crippen LogP contribution is -2.11. The van der Waals surface area contributed by atoms with E-state index in [1.54, 1.807) is 18.3 Å². The summed E-state index contributed by atoms with van der Waals surface area (Å²) in [6.07, 6.45) is 2.91. The van der Waals surface area contributed by atoms with E-state index < -0.39 is 0 Å². The van der Waals surface area contributed by atoms with Crippen LogP contribution in [0.2, 0.25) is 10.0 Å². The number of para-hydroxylation sites is 1. The molecule has 220 valence electrons. The summed E-state index contributed by atoms with van der Waals surface area (Å²) >= 11 is 15.3. The molecule has 0 spiro atoms. The number of halogens is 2. The van der Waals surface area contributed by atoms with Gasteiger partial charge in [-0.15, -0.1) is 0 Å². The Morgan fingerprint density at radius 3 is 2.48 bits per heavy atom. The van der Waals surface area contributed by atoms with Crippen LogP contribution in [0.5, 0.6) is 11.5 Å². The molecule has 0 saturated heterocycles. The van der Waals surface area contributed by atoms with Crippen molar-refractivity contribution in [3.05, 3.63) is 64.8 Å². The summed E-state index contributed by atoms with van der Waals surface area (Å²) in [6.45, 7) is 10.4. The largest absolute Gasteiger partial charge is 0.495 e. The summed E-state index contributed by atoms with van der Waals surface area (Å²) < 4.78 is 10.9. The van der Waals surface area contributed by atoms with E-state index in [-0.39, 0.29) is 5.91 Å². The number of carbonyl (C=O) groups is 1. The Balaban J connectivity index is 1.82. The lowest BCUT2D eigenvalue weighted by molar-refractivity contribution is -0.111. The van der Waals surface area contributed by atoms with E-state index >= 15 is 0 Å². The molecule has 2 aromatic carbocycles. The zero-order chi connectivity index (χ0) is 30.4. The second-order valence-electron chi connectivity index (χ2n) is 9.43. The number of hydrogen-bond acceptors (Lipinski definition) is 9. The molecule has 0 aliphatic rings. The minimum absolute atomic E-state index is 0.310. The first-order valence-electron chi connectivity index (χ1n) is 13.1. The van der Waals surface area contributed by atoms with Crippen LogP contribution in [0.15, 0.2) is 49.2 Å². The highest BCUT2D eigenvalue weighted by Crippen LogP contribution is 2.46. The predicted octanol–water partition coefficient (Wildman–Crippen LogP) is 7.75. The number of hydrogen-bond donors (Lipinski definition) is 3. The average Bonchev–Trinajstić information content (AvgIpc) is 2.97. The second-order valence-corrected chi connectivity index (χ2v) is 11.9. The van der Waals surface area contributed by atoms with Crippen LogP contribution >= 0.6 is 35.0 Å². The number of benzene rings is 2. The fourth-order valence-corrected chi connectivity index (χ4v) is 5.54. The van der Waals surface area contributed by atoms with E-state index in [4.69, 9.17) is 42.6 Å². The quantitative estimate of drug-likeness (QED) is 0.107. The van der Waals surface area contributed by atoms with Crippen molar-refractivity contribution in [2.24, 2.45) is 0 Å². The Morgan fingerprint density at radius 2 is 1.83 bits per heavy atom. The molecule has 3 N–H and O–H groups in total. The molecule has 0 saturated carbocycles. The van der Waals surface area contributed by atoms with E-state index in [1.165, 1.54) is 20.3 Å². The summed E-state index contributed by atoms with van der Waals surface area (Å²) in [4.78, 5) is 26.3. The standard InChI is InChI=1S/C30H32Cl2N6O3S/c1-7-23(39)35-19-10-8-9-17(4)27(19)37-30-34-15-18-13-20(24-25(31)21(40-5)14-22(41-6)26(24)32)36-29(28(18)38-30)33-11-12-42-16(2)3/h7-10,13-16H,1,11-12H2,2-6H3,(H,33,36)(H,35,39)(H,34,37,38). The summed E-state index contributed by atoms with van der Waals surface area (Å²) in [5, 5.41) is 11.3. The zero-order valence-corrected chi connectivity index (χ0v) is 26.3.